The third-order valence-corrected chi connectivity index (χ3v) is 4.53. The van der Waals surface area contributed by atoms with E-state index >= 15 is 0 Å². The van der Waals surface area contributed by atoms with Gasteiger partial charge < -0.3 is 19.5 Å². The highest BCUT2D eigenvalue weighted by atomic mass is 16.5. The number of hydrogen-bond acceptors (Lipinski definition) is 6. The molecule has 136 valence electrons. The van der Waals surface area contributed by atoms with Crippen molar-refractivity contribution in [2.45, 2.75) is 5.92 Å². The minimum atomic E-state index is -0.933. The Kier molecular flexibility index (Phi) is 5.01. The number of nitrogens with zero attached hydrogens (tertiary/aromatic N) is 3. The van der Waals surface area contributed by atoms with Crippen molar-refractivity contribution in [1.29, 1.82) is 0 Å². The number of carboxylic acids is 1. The van der Waals surface area contributed by atoms with Crippen LogP contribution in [0.25, 0.3) is 0 Å². The van der Waals surface area contributed by atoms with Gasteiger partial charge in [0, 0.05) is 19.0 Å². The lowest BCUT2D eigenvalue weighted by molar-refractivity contribution is -0.141. The third-order valence-electron chi connectivity index (χ3n) is 4.53. The van der Waals surface area contributed by atoms with E-state index in [1.807, 2.05) is 30.3 Å². The molecule has 1 aliphatic rings. The van der Waals surface area contributed by atoms with Crippen LogP contribution in [0.1, 0.15) is 21.8 Å². The summed E-state index contributed by atoms with van der Waals surface area (Å²) in [5.41, 5.74) is 0.980. The molecule has 8 heteroatoms. The van der Waals surface area contributed by atoms with Crippen LogP contribution in [0.5, 0.6) is 11.8 Å². The first kappa shape index (κ1) is 17.7. The number of aromatic nitrogens is 2. The molecule has 1 fully saturated rings. The Morgan fingerprint density at radius 1 is 1.08 bits per heavy atom. The number of rotatable bonds is 5. The zero-order valence-electron chi connectivity index (χ0n) is 14.5. The van der Waals surface area contributed by atoms with Crippen LogP contribution in [-0.2, 0) is 4.79 Å². The zero-order valence-corrected chi connectivity index (χ0v) is 14.5. The largest absolute Gasteiger partial charge is 0.481 e. The monoisotopic (exact) mass is 357 g/mol. The molecule has 1 amide bonds. The van der Waals surface area contributed by atoms with E-state index in [2.05, 4.69) is 9.97 Å². The summed E-state index contributed by atoms with van der Waals surface area (Å²) in [4.78, 5) is 34.2. The van der Waals surface area contributed by atoms with Crippen molar-refractivity contribution >= 4 is 11.9 Å². The van der Waals surface area contributed by atoms with Gasteiger partial charge >= 0.3 is 5.97 Å². The summed E-state index contributed by atoms with van der Waals surface area (Å²) < 4.78 is 10.3. The molecule has 2 heterocycles. The zero-order chi connectivity index (χ0) is 18.7. The molecule has 1 aliphatic heterocycles. The van der Waals surface area contributed by atoms with E-state index in [9.17, 15) is 14.7 Å². The first-order chi connectivity index (χ1) is 12.6. The number of carbonyl (C=O) groups is 2. The van der Waals surface area contributed by atoms with Gasteiger partial charge in [-0.1, -0.05) is 30.3 Å². The van der Waals surface area contributed by atoms with Crippen LogP contribution in [0, 0.1) is 5.92 Å². The van der Waals surface area contributed by atoms with E-state index in [0.717, 1.165) is 5.56 Å². The maximum atomic E-state index is 13.0. The van der Waals surface area contributed by atoms with Crippen molar-refractivity contribution < 1.29 is 24.2 Å². The SMILES string of the molecule is COc1ncnc(OC)c1C(=O)N1CC(C(=O)O)C(c2ccccc2)C1. The number of methoxy groups -OCH3 is 2. The van der Waals surface area contributed by atoms with Gasteiger partial charge in [0.15, 0.2) is 5.56 Å². The van der Waals surface area contributed by atoms with Crippen LogP contribution in [-0.4, -0.2) is 59.2 Å². The number of ether oxygens (including phenoxy) is 2. The van der Waals surface area contributed by atoms with Crippen LogP contribution < -0.4 is 9.47 Å². The normalized spacial score (nSPS) is 19.2. The Morgan fingerprint density at radius 2 is 1.69 bits per heavy atom. The fourth-order valence-electron chi connectivity index (χ4n) is 3.26. The fourth-order valence-corrected chi connectivity index (χ4v) is 3.26. The average molecular weight is 357 g/mol. The number of hydrogen-bond donors (Lipinski definition) is 1. The Balaban J connectivity index is 1.94. The van der Waals surface area contributed by atoms with Gasteiger partial charge in [0.25, 0.3) is 5.91 Å². The molecule has 0 bridgehead atoms. The molecule has 8 nitrogen and oxygen atoms in total. The Morgan fingerprint density at radius 3 is 2.23 bits per heavy atom. The van der Waals surface area contributed by atoms with Crippen molar-refractivity contribution in [3.63, 3.8) is 0 Å². The maximum absolute atomic E-state index is 13.0. The van der Waals surface area contributed by atoms with Gasteiger partial charge in [-0.25, -0.2) is 9.97 Å². The molecule has 0 radical (unpaired) electrons. The molecule has 3 rings (SSSR count). The van der Waals surface area contributed by atoms with Gasteiger partial charge in [-0.05, 0) is 5.56 Å². The van der Waals surface area contributed by atoms with Gasteiger partial charge in [0.05, 0.1) is 20.1 Å². The molecular weight excluding hydrogens is 338 g/mol. The quantitative estimate of drug-likeness (QED) is 0.864. The minimum absolute atomic E-state index is 0.0922. The van der Waals surface area contributed by atoms with Crippen molar-refractivity contribution in [3.05, 3.63) is 47.8 Å². The van der Waals surface area contributed by atoms with Crippen LogP contribution in [0.4, 0.5) is 0 Å². The number of likely N-dealkylation sites (tertiary alicyclic amines) is 1. The van der Waals surface area contributed by atoms with E-state index in [-0.39, 0.29) is 36.3 Å². The van der Waals surface area contributed by atoms with Crippen molar-refractivity contribution in [1.82, 2.24) is 14.9 Å². The second-order valence-corrected chi connectivity index (χ2v) is 5.94. The third kappa shape index (κ3) is 3.17. The van der Waals surface area contributed by atoms with E-state index in [4.69, 9.17) is 9.47 Å². The lowest BCUT2D eigenvalue weighted by Gasteiger charge is -2.18. The molecule has 26 heavy (non-hydrogen) atoms. The molecule has 2 aromatic rings. The second kappa shape index (κ2) is 7.38. The van der Waals surface area contributed by atoms with E-state index in [1.165, 1.54) is 25.4 Å². The fraction of sp³-hybridized carbons (Fsp3) is 0.333. The van der Waals surface area contributed by atoms with E-state index in [1.54, 1.807) is 0 Å². The lowest BCUT2D eigenvalue weighted by Crippen LogP contribution is -2.31. The van der Waals surface area contributed by atoms with Gasteiger partial charge in [0.1, 0.15) is 6.33 Å². The first-order valence-corrected chi connectivity index (χ1v) is 8.06. The molecule has 0 aliphatic carbocycles. The summed E-state index contributed by atoms with van der Waals surface area (Å²) in [6.07, 6.45) is 1.24. The summed E-state index contributed by atoms with van der Waals surface area (Å²) in [5, 5.41) is 9.60. The first-order valence-electron chi connectivity index (χ1n) is 8.06. The summed E-state index contributed by atoms with van der Waals surface area (Å²) >= 11 is 0. The summed E-state index contributed by atoms with van der Waals surface area (Å²) in [7, 11) is 2.80. The number of carboxylic acid groups (broad SMARTS) is 1. The molecule has 1 N–H and O–H groups in total. The topological polar surface area (TPSA) is 102 Å². The van der Waals surface area contributed by atoms with Crippen LogP contribution in [0.3, 0.4) is 0 Å². The highest BCUT2D eigenvalue weighted by Crippen LogP contribution is 2.35. The van der Waals surface area contributed by atoms with Crippen LogP contribution in [0.2, 0.25) is 0 Å². The molecule has 1 aromatic carbocycles. The lowest BCUT2D eigenvalue weighted by atomic mass is 9.89. The summed E-state index contributed by atoms with van der Waals surface area (Å²) in [6.45, 7) is 0.371. The maximum Gasteiger partial charge on any atom is 0.308 e. The predicted molar refractivity (Wildman–Crippen MR) is 91.3 cm³/mol. The Hall–Kier alpha value is -3.16. The Bertz CT molecular complexity index is 789. The molecule has 1 saturated heterocycles. The summed E-state index contributed by atoms with van der Waals surface area (Å²) in [6, 6.07) is 9.34. The smallest absolute Gasteiger partial charge is 0.308 e. The number of carbonyl (C=O) groups excluding carboxylic acids is 1. The van der Waals surface area contributed by atoms with Crippen molar-refractivity contribution in [2.24, 2.45) is 5.92 Å². The molecule has 2 unspecified atom stereocenters. The van der Waals surface area contributed by atoms with Crippen molar-refractivity contribution in [3.8, 4) is 11.8 Å². The van der Waals surface area contributed by atoms with Crippen LogP contribution in [0.15, 0.2) is 36.7 Å². The molecule has 0 spiro atoms. The number of amides is 1. The number of benzene rings is 1. The van der Waals surface area contributed by atoms with E-state index < -0.39 is 17.8 Å². The van der Waals surface area contributed by atoms with Gasteiger partial charge in [-0.15, -0.1) is 0 Å². The van der Waals surface area contributed by atoms with Gasteiger partial charge in [-0.2, -0.15) is 0 Å². The molecule has 1 aromatic heterocycles. The average Bonchev–Trinajstić information content (AvgIpc) is 3.13. The highest BCUT2D eigenvalue weighted by Gasteiger charge is 2.42. The molecule has 2 atom stereocenters. The molecular formula is C18H19N3O5. The number of aliphatic carboxylic acids is 1. The highest BCUT2D eigenvalue weighted by molar-refractivity contribution is 5.99. The van der Waals surface area contributed by atoms with Gasteiger partial charge in [0.2, 0.25) is 11.8 Å². The van der Waals surface area contributed by atoms with E-state index in [0.29, 0.717) is 0 Å². The second-order valence-electron chi connectivity index (χ2n) is 5.94. The predicted octanol–water partition coefficient (Wildman–Crippen LogP) is 1.43. The molecule has 0 saturated carbocycles. The summed E-state index contributed by atoms with van der Waals surface area (Å²) in [5.74, 6) is -2.14. The van der Waals surface area contributed by atoms with Gasteiger partial charge in [-0.3, -0.25) is 9.59 Å². The van der Waals surface area contributed by atoms with Crippen LogP contribution >= 0.6 is 0 Å². The standard InChI is InChI=1S/C18H19N3O5/c1-25-15-14(16(26-2)20-10-19-15)17(22)21-8-12(13(9-21)18(23)24)11-6-4-3-5-7-11/h3-7,10,12-13H,8-9H2,1-2H3,(H,23,24). The Labute approximate surface area is 150 Å². The van der Waals surface area contributed by atoms with Crippen molar-refractivity contribution in [2.75, 3.05) is 27.3 Å². The minimum Gasteiger partial charge on any atom is -0.481 e.